The van der Waals surface area contributed by atoms with Crippen molar-refractivity contribution in [3.05, 3.63) is 29.3 Å². The van der Waals surface area contributed by atoms with Crippen molar-refractivity contribution >= 4 is 27.7 Å². The van der Waals surface area contributed by atoms with E-state index in [1.54, 1.807) is 0 Å². The van der Waals surface area contributed by atoms with Crippen LogP contribution in [0.5, 0.6) is 0 Å². The number of sulfonamides is 1. The summed E-state index contributed by atoms with van der Waals surface area (Å²) < 4.78 is 27.4. The lowest BCUT2D eigenvalue weighted by atomic mass is 10.0. The predicted octanol–water partition coefficient (Wildman–Crippen LogP) is -0.327. The lowest BCUT2D eigenvalue weighted by molar-refractivity contribution is -0.123. The number of nitrogens with two attached hydrogens (primary N) is 1. The van der Waals surface area contributed by atoms with Gasteiger partial charge in [-0.25, -0.2) is 8.42 Å². The number of nitrogens with one attached hydrogen (secondary N) is 1. The third-order valence-electron chi connectivity index (χ3n) is 5.86. The summed E-state index contributed by atoms with van der Waals surface area (Å²) in [5.41, 5.74) is 5.76. The third kappa shape index (κ3) is 3.11. The van der Waals surface area contributed by atoms with E-state index in [4.69, 9.17) is 5.73 Å². The molecule has 0 aliphatic carbocycles. The summed E-state index contributed by atoms with van der Waals surface area (Å²) in [6.07, 6.45) is 2.91. The minimum Gasteiger partial charge on any atom is -0.368 e. The van der Waals surface area contributed by atoms with Gasteiger partial charge in [0.2, 0.25) is 15.9 Å². The molecule has 3 amide bonds. The average molecular weight is 406 g/mol. The second-order valence-corrected chi connectivity index (χ2v) is 9.36. The van der Waals surface area contributed by atoms with E-state index in [0.717, 1.165) is 19.4 Å². The highest BCUT2D eigenvalue weighted by Gasteiger charge is 2.38. The fourth-order valence-electron chi connectivity index (χ4n) is 4.40. The van der Waals surface area contributed by atoms with Gasteiger partial charge in [0, 0.05) is 19.1 Å². The Kier molecular flexibility index (Phi) is 4.72. The first-order chi connectivity index (χ1) is 13.3. The third-order valence-corrected chi connectivity index (χ3v) is 7.75. The van der Waals surface area contributed by atoms with Gasteiger partial charge in [-0.3, -0.25) is 24.6 Å². The van der Waals surface area contributed by atoms with E-state index in [1.165, 1.54) is 22.5 Å². The molecule has 28 heavy (non-hydrogen) atoms. The zero-order chi connectivity index (χ0) is 20.1. The minimum absolute atomic E-state index is 0.00531. The Morgan fingerprint density at radius 2 is 1.71 bits per heavy atom. The normalized spacial score (nSPS) is 24.4. The summed E-state index contributed by atoms with van der Waals surface area (Å²) in [5, 5.41) is 2.16. The van der Waals surface area contributed by atoms with Gasteiger partial charge in [-0.05, 0) is 50.4 Å². The molecule has 0 radical (unpaired) electrons. The Hall–Kier alpha value is -2.30. The molecule has 0 saturated carbocycles. The molecular formula is C18H22N4O5S. The highest BCUT2D eigenvalue weighted by Crippen LogP contribution is 2.29. The van der Waals surface area contributed by atoms with E-state index in [2.05, 4.69) is 10.2 Å². The molecule has 0 spiro atoms. The number of imide groups is 1. The van der Waals surface area contributed by atoms with Crippen molar-refractivity contribution in [1.29, 1.82) is 0 Å². The maximum atomic E-state index is 13.0. The van der Waals surface area contributed by atoms with Crippen LogP contribution in [0.3, 0.4) is 0 Å². The second-order valence-electron chi connectivity index (χ2n) is 7.42. The quantitative estimate of drug-likeness (QED) is 0.659. The Balaban J connectivity index is 1.49. The molecule has 2 fully saturated rings. The summed E-state index contributed by atoms with van der Waals surface area (Å²) in [6.45, 7) is 1.47. The molecule has 1 atom stereocenters. The first-order valence-corrected chi connectivity index (χ1v) is 10.8. The standard InChI is InChI=1S/C18H22N4O5S/c19-16(23)15-2-1-7-22(15)11-5-8-21(9-6-11)28(26,27)12-3-4-13-14(10-12)18(25)20-17(13)24/h3-4,10-11,15H,1-2,5-9H2,(H2,19,23)(H,20,24,25). The molecule has 1 aromatic rings. The van der Waals surface area contributed by atoms with Crippen molar-refractivity contribution < 1.29 is 22.8 Å². The average Bonchev–Trinajstić information content (AvgIpc) is 3.27. The molecule has 2 saturated heterocycles. The number of rotatable bonds is 4. The number of primary amides is 1. The molecule has 10 heteroatoms. The van der Waals surface area contributed by atoms with Gasteiger partial charge in [0.1, 0.15) is 0 Å². The van der Waals surface area contributed by atoms with E-state index in [0.29, 0.717) is 25.9 Å². The van der Waals surface area contributed by atoms with E-state index < -0.39 is 21.8 Å². The number of amides is 3. The number of carbonyl (C=O) groups is 3. The minimum atomic E-state index is -3.77. The number of hydrogen-bond acceptors (Lipinski definition) is 6. The van der Waals surface area contributed by atoms with Crippen LogP contribution in [0.1, 0.15) is 46.4 Å². The van der Waals surface area contributed by atoms with Crippen molar-refractivity contribution in [3.63, 3.8) is 0 Å². The number of piperidine rings is 1. The lowest BCUT2D eigenvalue weighted by Gasteiger charge is -2.38. The topological polar surface area (TPSA) is 130 Å². The molecule has 150 valence electrons. The van der Waals surface area contributed by atoms with Crippen LogP contribution < -0.4 is 11.1 Å². The van der Waals surface area contributed by atoms with Crippen LogP contribution in [0, 0.1) is 0 Å². The summed E-state index contributed by atoms with van der Waals surface area (Å²) in [7, 11) is -3.77. The van der Waals surface area contributed by atoms with Gasteiger partial charge < -0.3 is 5.73 Å². The molecule has 0 aromatic heterocycles. The van der Waals surface area contributed by atoms with Gasteiger partial charge >= 0.3 is 0 Å². The van der Waals surface area contributed by atoms with Crippen LogP contribution in [0.25, 0.3) is 0 Å². The van der Waals surface area contributed by atoms with Crippen LogP contribution in [0.2, 0.25) is 0 Å². The van der Waals surface area contributed by atoms with Gasteiger partial charge in [-0.15, -0.1) is 0 Å². The molecular weight excluding hydrogens is 384 g/mol. The fraction of sp³-hybridized carbons (Fsp3) is 0.500. The van der Waals surface area contributed by atoms with Gasteiger partial charge in [-0.1, -0.05) is 0 Å². The Labute approximate surface area is 162 Å². The van der Waals surface area contributed by atoms with Crippen molar-refractivity contribution in [3.8, 4) is 0 Å². The molecule has 1 aromatic carbocycles. The van der Waals surface area contributed by atoms with Crippen LogP contribution in [-0.2, 0) is 14.8 Å². The van der Waals surface area contributed by atoms with Crippen LogP contribution >= 0.6 is 0 Å². The van der Waals surface area contributed by atoms with Gasteiger partial charge in [0.25, 0.3) is 11.8 Å². The number of hydrogen-bond donors (Lipinski definition) is 2. The molecule has 0 bridgehead atoms. The molecule has 1 unspecified atom stereocenters. The van der Waals surface area contributed by atoms with Crippen molar-refractivity contribution in [2.75, 3.05) is 19.6 Å². The zero-order valence-corrected chi connectivity index (χ0v) is 16.1. The van der Waals surface area contributed by atoms with E-state index in [1.807, 2.05) is 0 Å². The number of benzene rings is 1. The summed E-state index contributed by atoms with van der Waals surface area (Å²) >= 11 is 0. The number of carbonyl (C=O) groups excluding carboxylic acids is 3. The maximum absolute atomic E-state index is 13.0. The van der Waals surface area contributed by atoms with Gasteiger partial charge in [0.05, 0.1) is 22.1 Å². The smallest absolute Gasteiger partial charge is 0.258 e. The summed E-state index contributed by atoms with van der Waals surface area (Å²) in [4.78, 5) is 37.2. The van der Waals surface area contributed by atoms with E-state index in [9.17, 15) is 22.8 Å². The summed E-state index contributed by atoms with van der Waals surface area (Å²) in [6, 6.07) is 3.87. The molecule has 4 rings (SSSR count). The highest BCUT2D eigenvalue weighted by atomic mass is 32.2. The van der Waals surface area contributed by atoms with Crippen molar-refractivity contribution in [2.45, 2.75) is 42.7 Å². The van der Waals surface area contributed by atoms with Crippen LogP contribution in [-0.4, -0.2) is 67.1 Å². The Morgan fingerprint density at radius 3 is 2.39 bits per heavy atom. The van der Waals surface area contributed by atoms with Crippen LogP contribution in [0.15, 0.2) is 23.1 Å². The highest BCUT2D eigenvalue weighted by molar-refractivity contribution is 7.89. The van der Waals surface area contributed by atoms with E-state index >= 15 is 0 Å². The first-order valence-electron chi connectivity index (χ1n) is 9.34. The lowest BCUT2D eigenvalue weighted by Crippen LogP contribution is -2.51. The second kappa shape index (κ2) is 6.94. The number of fused-ring (bicyclic) bond motifs is 1. The molecule has 3 aliphatic rings. The maximum Gasteiger partial charge on any atom is 0.258 e. The Bertz CT molecular complexity index is 953. The predicted molar refractivity (Wildman–Crippen MR) is 98.9 cm³/mol. The fourth-order valence-corrected chi connectivity index (χ4v) is 5.90. The van der Waals surface area contributed by atoms with Crippen LogP contribution in [0.4, 0.5) is 0 Å². The SMILES string of the molecule is NC(=O)C1CCCN1C1CCN(S(=O)(=O)c2ccc3c(c2)C(=O)NC3=O)CC1. The largest absolute Gasteiger partial charge is 0.368 e. The summed E-state index contributed by atoms with van der Waals surface area (Å²) in [5.74, 6) is -1.42. The first kappa shape index (κ1) is 19.0. The molecule has 3 heterocycles. The van der Waals surface area contributed by atoms with Gasteiger partial charge in [0.15, 0.2) is 0 Å². The monoisotopic (exact) mass is 406 g/mol. The van der Waals surface area contributed by atoms with E-state index in [-0.39, 0.29) is 34.0 Å². The molecule has 3 aliphatic heterocycles. The van der Waals surface area contributed by atoms with Gasteiger partial charge in [-0.2, -0.15) is 4.31 Å². The number of likely N-dealkylation sites (tertiary alicyclic amines) is 1. The molecule has 3 N–H and O–H groups in total. The van der Waals surface area contributed by atoms with Crippen molar-refractivity contribution in [1.82, 2.24) is 14.5 Å². The number of nitrogens with zero attached hydrogens (tertiary/aromatic N) is 2. The molecule has 9 nitrogen and oxygen atoms in total. The van der Waals surface area contributed by atoms with Crippen molar-refractivity contribution in [2.24, 2.45) is 5.73 Å². The zero-order valence-electron chi connectivity index (χ0n) is 15.3. The Morgan fingerprint density at radius 1 is 1.04 bits per heavy atom.